The lowest BCUT2D eigenvalue weighted by Gasteiger charge is -1.97. The van der Waals surface area contributed by atoms with E-state index in [9.17, 15) is 4.79 Å². The molecule has 0 atom stereocenters. The van der Waals surface area contributed by atoms with Crippen LogP contribution in [0.5, 0.6) is 0 Å². The number of hydrogen-bond acceptors (Lipinski definition) is 1. The Labute approximate surface area is 63.0 Å². The topological polar surface area (TPSA) is 31.2 Å². The maximum Gasteiger partial charge on any atom is 0.241 e. The monoisotopic (exact) mass is 142 g/mol. The smallest absolute Gasteiger partial charge is 0.241 e. The highest BCUT2D eigenvalue weighted by atomic mass is 16.1. The fraction of sp³-hybridized carbons (Fsp3) is 0.875. The standard InChI is InChI=1S/C8H16NO/c1-3-5-7-9-8(10)6-4-2/h3-7H2,1-2H3. The van der Waals surface area contributed by atoms with E-state index in [2.05, 4.69) is 12.2 Å². The number of amides is 1. The van der Waals surface area contributed by atoms with E-state index in [0.717, 1.165) is 25.8 Å². The van der Waals surface area contributed by atoms with E-state index < -0.39 is 0 Å². The second kappa shape index (κ2) is 6.59. The molecule has 0 rings (SSSR count). The predicted octanol–water partition coefficient (Wildman–Crippen LogP) is 1.72. The van der Waals surface area contributed by atoms with Crippen molar-refractivity contribution in [2.24, 2.45) is 0 Å². The Kier molecular flexibility index (Phi) is 6.24. The summed E-state index contributed by atoms with van der Waals surface area (Å²) in [4.78, 5) is 10.8. The van der Waals surface area contributed by atoms with E-state index in [1.54, 1.807) is 0 Å². The van der Waals surface area contributed by atoms with Gasteiger partial charge in [-0.2, -0.15) is 0 Å². The zero-order valence-electron chi connectivity index (χ0n) is 6.89. The average molecular weight is 142 g/mol. The van der Waals surface area contributed by atoms with Crippen molar-refractivity contribution in [3.05, 3.63) is 0 Å². The van der Waals surface area contributed by atoms with Gasteiger partial charge in [-0.25, -0.2) is 0 Å². The molecule has 0 aromatic carbocycles. The van der Waals surface area contributed by atoms with Gasteiger partial charge in [0.05, 0.1) is 0 Å². The fourth-order valence-electron chi connectivity index (χ4n) is 0.655. The Bertz CT molecular complexity index is 91.3. The average Bonchev–Trinajstić information content (AvgIpc) is 1.89. The summed E-state index contributed by atoms with van der Waals surface area (Å²) >= 11 is 0. The van der Waals surface area contributed by atoms with Gasteiger partial charge in [-0.15, -0.1) is 0 Å². The van der Waals surface area contributed by atoms with Crippen LogP contribution in [-0.2, 0) is 4.79 Å². The van der Waals surface area contributed by atoms with E-state index in [1.807, 2.05) is 6.92 Å². The molecule has 0 aromatic heterocycles. The lowest BCUT2D eigenvalue weighted by Crippen LogP contribution is -2.15. The highest BCUT2D eigenvalue weighted by Gasteiger charge is 1.97. The Hall–Kier alpha value is -0.530. The first-order chi connectivity index (χ1) is 4.81. The van der Waals surface area contributed by atoms with Gasteiger partial charge in [-0.05, 0) is 12.8 Å². The molecule has 0 aliphatic heterocycles. The van der Waals surface area contributed by atoms with E-state index >= 15 is 0 Å². The van der Waals surface area contributed by atoms with Crippen molar-refractivity contribution in [3.63, 3.8) is 0 Å². The third-order valence-corrected chi connectivity index (χ3v) is 1.26. The predicted molar refractivity (Wildman–Crippen MR) is 41.8 cm³/mol. The normalized spacial score (nSPS) is 9.40. The van der Waals surface area contributed by atoms with Crippen LogP contribution in [-0.4, -0.2) is 12.5 Å². The maximum absolute atomic E-state index is 10.8. The molecule has 1 amide bonds. The van der Waals surface area contributed by atoms with Gasteiger partial charge < -0.3 is 0 Å². The van der Waals surface area contributed by atoms with Gasteiger partial charge in [0, 0.05) is 13.0 Å². The van der Waals surface area contributed by atoms with Gasteiger partial charge in [0.2, 0.25) is 5.91 Å². The molecule has 0 saturated carbocycles. The zero-order chi connectivity index (χ0) is 7.82. The van der Waals surface area contributed by atoms with Crippen LogP contribution in [0.15, 0.2) is 0 Å². The molecule has 1 radical (unpaired) electrons. The number of rotatable bonds is 5. The number of nitrogens with zero attached hydrogens (tertiary/aromatic N) is 1. The summed E-state index contributed by atoms with van der Waals surface area (Å²) in [6.45, 7) is 4.81. The van der Waals surface area contributed by atoms with Crippen molar-refractivity contribution in [1.29, 1.82) is 0 Å². The zero-order valence-corrected chi connectivity index (χ0v) is 6.89. The van der Waals surface area contributed by atoms with Crippen molar-refractivity contribution < 1.29 is 4.79 Å². The van der Waals surface area contributed by atoms with Crippen molar-refractivity contribution >= 4 is 5.91 Å². The molecular weight excluding hydrogens is 126 g/mol. The molecule has 0 bridgehead atoms. The Morgan fingerprint density at radius 2 is 2.00 bits per heavy atom. The van der Waals surface area contributed by atoms with Crippen LogP contribution in [0.3, 0.4) is 0 Å². The number of carbonyl (C=O) groups is 1. The van der Waals surface area contributed by atoms with Crippen molar-refractivity contribution in [1.82, 2.24) is 5.32 Å². The van der Waals surface area contributed by atoms with Crippen LogP contribution in [0.4, 0.5) is 0 Å². The molecule has 2 nitrogen and oxygen atoms in total. The number of unbranched alkanes of at least 4 members (excludes halogenated alkanes) is 1. The summed E-state index contributed by atoms with van der Waals surface area (Å²) in [5.74, 6) is 0.0657. The molecule has 0 saturated heterocycles. The summed E-state index contributed by atoms with van der Waals surface area (Å²) < 4.78 is 0. The van der Waals surface area contributed by atoms with Crippen molar-refractivity contribution in [2.45, 2.75) is 39.5 Å². The van der Waals surface area contributed by atoms with Crippen LogP contribution >= 0.6 is 0 Å². The third kappa shape index (κ3) is 5.60. The van der Waals surface area contributed by atoms with Gasteiger partial charge >= 0.3 is 0 Å². The van der Waals surface area contributed by atoms with Crippen LogP contribution in [0, 0.1) is 0 Å². The number of hydrogen-bond donors (Lipinski definition) is 0. The minimum absolute atomic E-state index is 0.0657. The minimum Gasteiger partial charge on any atom is -0.273 e. The Morgan fingerprint density at radius 1 is 1.30 bits per heavy atom. The Morgan fingerprint density at radius 3 is 2.50 bits per heavy atom. The Balaban J connectivity index is 3.05. The van der Waals surface area contributed by atoms with E-state index in [4.69, 9.17) is 0 Å². The molecule has 0 aliphatic rings. The van der Waals surface area contributed by atoms with E-state index in [-0.39, 0.29) is 5.91 Å². The largest absolute Gasteiger partial charge is 0.273 e. The molecule has 0 aromatic rings. The highest BCUT2D eigenvalue weighted by molar-refractivity contribution is 5.75. The summed E-state index contributed by atoms with van der Waals surface area (Å²) in [6, 6.07) is 0. The second-order valence-electron chi connectivity index (χ2n) is 2.38. The minimum atomic E-state index is 0.0657. The SMILES string of the molecule is CCCC[N]C(=O)CCC. The van der Waals surface area contributed by atoms with Gasteiger partial charge in [-0.1, -0.05) is 20.3 Å². The number of carbonyl (C=O) groups excluding carboxylic acids is 1. The summed E-state index contributed by atoms with van der Waals surface area (Å²) in [7, 11) is 0. The van der Waals surface area contributed by atoms with Crippen LogP contribution < -0.4 is 5.32 Å². The molecule has 0 heterocycles. The first-order valence-electron chi connectivity index (χ1n) is 4.01. The summed E-state index contributed by atoms with van der Waals surface area (Å²) in [5.41, 5.74) is 0. The quantitative estimate of drug-likeness (QED) is 0.538. The lowest BCUT2D eigenvalue weighted by atomic mass is 10.3. The highest BCUT2D eigenvalue weighted by Crippen LogP contribution is 1.89. The lowest BCUT2D eigenvalue weighted by molar-refractivity contribution is -0.121. The van der Waals surface area contributed by atoms with E-state index in [1.165, 1.54) is 0 Å². The molecule has 10 heavy (non-hydrogen) atoms. The van der Waals surface area contributed by atoms with Crippen LogP contribution in [0.2, 0.25) is 0 Å². The van der Waals surface area contributed by atoms with Gasteiger partial charge in [0.25, 0.3) is 0 Å². The van der Waals surface area contributed by atoms with Crippen LogP contribution in [0.1, 0.15) is 39.5 Å². The molecular formula is C8H16NO. The molecule has 0 N–H and O–H groups in total. The maximum atomic E-state index is 10.8. The fourth-order valence-corrected chi connectivity index (χ4v) is 0.655. The summed E-state index contributed by atoms with van der Waals surface area (Å²) in [5, 5.41) is 3.86. The molecule has 0 unspecified atom stereocenters. The van der Waals surface area contributed by atoms with Crippen LogP contribution in [0.25, 0.3) is 0 Å². The van der Waals surface area contributed by atoms with Gasteiger partial charge in [0.15, 0.2) is 0 Å². The van der Waals surface area contributed by atoms with Crippen molar-refractivity contribution in [3.8, 4) is 0 Å². The molecule has 0 fully saturated rings. The molecule has 0 aliphatic carbocycles. The first-order valence-corrected chi connectivity index (χ1v) is 4.01. The first kappa shape index (κ1) is 9.47. The molecule has 2 heteroatoms. The summed E-state index contributed by atoms with van der Waals surface area (Å²) in [6.07, 6.45) is 3.68. The van der Waals surface area contributed by atoms with Gasteiger partial charge in [-0.3, -0.25) is 10.1 Å². The van der Waals surface area contributed by atoms with Crippen molar-refractivity contribution in [2.75, 3.05) is 6.54 Å². The third-order valence-electron chi connectivity index (χ3n) is 1.26. The second-order valence-corrected chi connectivity index (χ2v) is 2.38. The van der Waals surface area contributed by atoms with E-state index in [0.29, 0.717) is 6.42 Å². The molecule has 59 valence electrons. The molecule has 0 spiro atoms. The van der Waals surface area contributed by atoms with Gasteiger partial charge in [0.1, 0.15) is 0 Å².